The monoisotopic (exact) mass is 239 g/mol. The second-order valence-electron chi connectivity index (χ2n) is 4.15. The number of rotatable bonds is 3. The van der Waals surface area contributed by atoms with Gasteiger partial charge in [0.15, 0.2) is 5.65 Å². The number of benzene rings is 1. The summed E-state index contributed by atoms with van der Waals surface area (Å²) in [6.07, 6.45) is 6.23. The molecule has 0 aliphatic heterocycles. The Kier molecular flexibility index (Phi) is 2.78. The minimum atomic E-state index is 0.181. The standard InChI is InChI=1S/C14H13N3O/c18-8-6-11-1-3-12(4-2-11)13-9-15-14-5-7-16-17(14)10-13/h1-5,7,9-10,18H,6,8H2. The molecule has 1 aromatic carbocycles. The first-order valence-electron chi connectivity index (χ1n) is 5.86. The van der Waals surface area contributed by atoms with Crippen LogP contribution in [-0.4, -0.2) is 26.3 Å². The molecule has 0 spiro atoms. The molecule has 0 radical (unpaired) electrons. The molecule has 3 aromatic rings. The summed E-state index contributed by atoms with van der Waals surface area (Å²) in [6.45, 7) is 0.181. The largest absolute Gasteiger partial charge is 0.396 e. The first-order valence-corrected chi connectivity index (χ1v) is 5.86. The highest BCUT2D eigenvalue weighted by molar-refractivity contribution is 5.63. The van der Waals surface area contributed by atoms with E-state index < -0.39 is 0 Å². The summed E-state index contributed by atoms with van der Waals surface area (Å²) >= 11 is 0. The van der Waals surface area contributed by atoms with Crippen LogP contribution in [0.2, 0.25) is 0 Å². The molecular weight excluding hydrogens is 226 g/mol. The Morgan fingerprint density at radius 3 is 2.67 bits per heavy atom. The third-order valence-corrected chi connectivity index (χ3v) is 2.93. The minimum absolute atomic E-state index is 0.181. The molecule has 2 aromatic heterocycles. The van der Waals surface area contributed by atoms with E-state index in [0.717, 1.165) is 22.3 Å². The van der Waals surface area contributed by atoms with Crippen molar-refractivity contribution in [1.82, 2.24) is 14.6 Å². The van der Waals surface area contributed by atoms with Crippen molar-refractivity contribution in [1.29, 1.82) is 0 Å². The van der Waals surface area contributed by atoms with Crippen LogP contribution >= 0.6 is 0 Å². The molecule has 0 bridgehead atoms. The second kappa shape index (κ2) is 4.58. The number of aliphatic hydroxyl groups is 1. The second-order valence-corrected chi connectivity index (χ2v) is 4.15. The Bertz CT molecular complexity index is 658. The molecule has 0 aliphatic carbocycles. The summed E-state index contributed by atoms with van der Waals surface area (Å²) < 4.78 is 1.76. The van der Waals surface area contributed by atoms with E-state index in [0.29, 0.717) is 6.42 Å². The third kappa shape index (κ3) is 1.98. The molecule has 0 saturated carbocycles. The Balaban J connectivity index is 1.97. The van der Waals surface area contributed by atoms with Gasteiger partial charge in [-0.25, -0.2) is 9.50 Å². The highest BCUT2D eigenvalue weighted by Gasteiger charge is 2.01. The Hall–Kier alpha value is -2.20. The van der Waals surface area contributed by atoms with Crippen molar-refractivity contribution in [2.75, 3.05) is 6.61 Å². The third-order valence-electron chi connectivity index (χ3n) is 2.93. The summed E-state index contributed by atoms with van der Waals surface area (Å²) in [5, 5.41) is 13.1. The molecule has 3 rings (SSSR count). The zero-order chi connectivity index (χ0) is 12.4. The fourth-order valence-corrected chi connectivity index (χ4v) is 1.95. The molecule has 2 heterocycles. The van der Waals surface area contributed by atoms with Crippen LogP contribution in [-0.2, 0) is 6.42 Å². The molecule has 0 atom stereocenters. The Morgan fingerprint density at radius 1 is 1.06 bits per heavy atom. The van der Waals surface area contributed by atoms with E-state index in [1.165, 1.54) is 0 Å². The van der Waals surface area contributed by atoms with Gasteiger partial charge in [0.25, 0.3) is 0 Å². The van der Waals surface area contributed by atoms with Crippen molar-refractivity contribution in [3.63, 3.8) is 0 Å². The van der Waals surface area contributed by atoms with Crippen LogP contribution in [0.5, 0.6) is 0 Å². The van der Waals surface area contributed by atoms with Gasteiger partial charge in [-0.15, -0.1) is 0 Å². The van der Waals surface area contributed by atoms with Crippen LogP contribution in [0.15, 0.2) is 48.9 Å². The Morgan fingerprint density at radius 2 is 1.89 bits per heavy atom. The smallest absolute Gasteiger partial charge is 0.154 e. The number of fused-ring (bicyclic) bond motifs is 1. The summed E-state index contributed by atoms with van der Waals surface area (Å²) in [7, 11) is 0. The highest BCUT2D eigenvalue weighted by Crippen LogP contribution is 2.19. The maximum absolute atomic E-state index is 8.88. The van der Waals surface area contributed by atoms with Crippen LogP contribution in [0, 0.1) is 0 Å². The number of hydrogen-bond donors (Lipinski definition) is 1. The van der Waals surface area contributed by atoms with E-state index in [-0.39, 0.29) is 6.61 Å². The van der Waals surface area contributed by atoms with Gasteiger partial charge >= 0.3 is 0 Å². The average molecular weight is 239 g/mol. The van der Waals surface area contributed by atoms with Crippen LogP contribution in [0.1, 0.15) is 5.56 Å². The molecule has 90 valence electrons. The molecule has 0 aliphatic rings. The van der Waals surface area contributed by atoms with Gasteiger partial charge in [0.1, 0.15) is 0 Å². The van der Waals surface area contributed by atoms with Crippen molar-refractivity contribution in [3.8, 4) is 11.1 Å². The van der Waals surface area contributed by atoms with E-state index in [1.807, 2.05) is 42.7 Å². The van der Waals surface area contributed by atoms with Crippen LogP contribution in [0.25, 0.3) is 16.8 Å². The van der Waals surface area contributed by atoms with E-state index in [9.17, 15) is 0 Å². The van der Waals surface area contributed by atoms with Gasteiger partial charge in [-0.1, -0.05) is 24.3 Å². The van der Waals surface area contributed by atoms with Crippen molar-refractivity contribution in [2.24, 2.45) is 0 Å². The lowest BCUT2D eigenvalue weighted by atomic mass is 10.1. The van der Waals surface area contributed by atoms with Gasteiger partial charge in [-0.05, 0) is 17.5 Å². The quantitative estimate of drug-likeness (QED) is 0.759. The summed E-state index contributed by atoms with van der Waals surface area (Å²) in [4.78, 5) is 4.34. The van der Waals surface area contributed by atoms with Crippen LogP contribution in [0.3, 0.4) is 0 Å². The first-order chi connectivity index (χ1) is 8.86. The molecule has 4 heteroatoms. The normalized spacial score (nSPS) is 10.9. The molecule has 0 fully saturated rings. The van der Waals surface area contributed by atoms with Crippen molar-refractivity contribution in [3.05, 3.63) is 54.5 Å². The van der Waals surface area contributed by atoms with Gasteiger partial charge in [-0.3, -0.25) is 0 Å². The van der Waals surface area contributed by atoms with Crippen molar-refractivity contribution < 1.29 is 5.11 Å². The highest BCUT2D eigenvalue weighted by atomic mass is 16.2. The van der Waals surface area contributed by atoms with Crippen LogP contribution < -0.4 is 0 Å². The minimum Gasteiger partial charge on any atom is -0.396 e. The zero-order valence-electron chi connectivity index (χ0n) is 9.82. The average Bonchev–Trinajstić information content (AvgIpc) is 2.87. The predicted octanol–water partition coefficient (Wildman–Crippen LogP) is 1.93. The van der Waals surface area contributed by atoms with Crippen molar-refractivity contribution >= 4 is 5.65 Å². The lowest BCUT2D eigenvalue weighted by Gasteiger charge is -2.03. The molecule has 4 nitrogen and oxygen atoms in total. The Labute approximate surface area is 105 Å². The van der Waals surface area contributed by atoms with Gasteiger partial charge in [-0.2, -0.15) is 5.10 Å². The summed E-state index contributed by atoms with van der Waals surface area (Å²) in [6, 6.07) is 10.0. The number of aromatic nitrogens is 3. The van der Waals surface area contributed by atoms with Gasteiger partial charge < -0.3 is 5.11 Å². The fourth-order valence-electron chi connectivity index (χ4n) is 1.95. The van der Waals surface area contributed by atoms with E-state index in [4.69, 9.17) is 5.11 Å². The first kappa shape index (κ1) is 10.9. The molecule has 0 unspecified atom stereocenters. The van der Waals surface area contributed by atoms with E-state index in [1.54, 1.807) is 10.7 Å². The van der Waals surface area contributed by atoms with Gasteiger partial charge in [0.2, 0.25) is 0 Å². The topological polar surface area (TPSA) is 50.4 Å². The zero-order valence-corrected chi connectivity index (χ0v) is 9.82. The van der Waals surface area contributed by atoms with E-state index >= 15 is 0 Å². The lowest BCUT2D eigenvalue weighted by Crippen LogP contribution is -1.92. The van der Waals surface area contributed by atoms with Gasteiger partial charge in [0.05, 0.1) is 6.20 Å². The molecule has 1 N–H and O–H groups in total. The summed E-state index contributed by atoms with van der Waals surface area (Å²) in [5.41, 5.74) is 4.10. The van der Waals surface area contributed by atoms with E-state index in [2.05, 4.69) is 10.1 Å². The van der Waals surface area contributed by atoms with Crippen molar-refractivity contribution in [2.45, 2.75) is 6.42 Å². The lowest BCUT2D eigenvalue weighted by molar-refractivity contribution is 0.299. The summed E-state index contributed by atoms with van der Waals surface area (Å²) in [5.74, 6) is 0. The van der Waals surface area contributed by atoms with Crippen LogP contribution in [0.4, 0.5) is 0 Å². The molecule has 0 amide bonds. The maximum atomic E-state index is 8.88. The van der Waals surface area contributed by atoms with Gasteiger partial charge in [0, 0.05) is 30.6 Å². The SMILES string of the molecule is OCCc1ccc(-c2cnc3ccnn3c2)cc1. The molecule has 18 heavy (non-hydrogen) atoms. The molecular formula is C14H13N3O. The maximum Gasteiger partial charge on any atom is 0.154 e. The molecule has 0 saturated heterocycles. The fraction of sp³-hybridized carbons (Fsp3) is 0.143. The predicted molar refractivity (Wildman–Crippen MR) is 69.2 cm³/mol. The number of aliphatic hydroxyl groups excluding tert-OH is 1. The number of hydrogen-bond acceptors (Lipinski definition) is 3. The number of nitrogens with zero attached hydrogens (tertiary/aromatic N) is 3.